The molecule has 0 aliphatic carbocycles. The number of carbonyl (C=O) groups excluding carboxylic acids is 1. The largest absolute Gasteiger partial charge is 0.368 e. The number of thiophene rings is 1. The molecule has 2 fully saturated rings. The van der Waals surface area contributed by atoms with Crippen molar-refractivity contribution in [2.24, 2.45) is 0 Å². The van der Waals surface area contributed by atoms with Crippen LogP contribution >= 0.6 is 11.3 Å². The summed E-state index contributed by atoms with van der Waals surface area (Å²) in [4.78, 5) is 23.7. The van der Waals surface area contributed by atoms with Gasteiger partial charge in [0.05, 0.1) is 44.8 Å². The molecule has 2 aliphatic heterocycles. The maximum atomic E-state index is 13.9. The summed E-state index contributed by atoms with van der Waals surface area (Å²) in [6.07, 6.45) is 0.484. The van der Waals surface area contributed by atoms with Crippen LogP contribution in [-0.2, 0) is 9.84 Å². The van der Waals surface area contributed by atoms with Crippen molar-refractivity contribution >= 4 is 43.8 Å². The second-order valence-electron chi connectivity index (χ2n) is 9.57. The van der Waals surface area contributed by atoms with Crippen molar-refractivity contribution in [2.75, 3.05) is 42.6 Å². The second kappa shape index (κ2) is 9.21. The number of anilines is 1. The Morgan fingerprint density at radius 3 is 2.51 bits per heavy atom. The minimum atomic E-state index is -3.12. The average Bonchev–Trinajstić information content (AvgIpc) is 3.63. The SMILES string of the molecule is Cc1nn(C2CCS(=O)(=O)C2)c2nc(-c3cccs3)cc(C(=O)N3CCN(c4ccc(F)cc4)CC3)c12. The number of aromatic nitrogens is 3. The van der Waals surface area contributed by atoms with Crippen LogP contribution in [0.4, 0.5) is 10.1 Å². The van der Waals surface area contributed by atoms with Crippen molar-refractivity contribution in [1.29, 1.82) is 0 Å². The summed E-state index contributed by atoms with van der Waals surface area (Å²) in [6.45, 7) is 4.19. The van der Waals surface area contributed by atoms with Gasteiger partial charge in [0.2, 0.25) is 0 Å². The molecule has 0 N–H and O–H groups in total. The normalized spacial score (nSPS) is 19.6. The predicted octanol–water partition coefficient (Wildman–Crippen LogP) is 3.93. The molecule has 6 rings (SSSR count). The topological polar surface area (TPSA) is 88.4 Å². The van der Waals surface area contributed by atoms with Crippen LogP contribution in [0.25, 0.3) is 21.6 Å². The zero-order valence-corrected chi connectivity index (χ0v) is 21.9. The highest BCUT2D eigenvalue weighted by Crippen LogP contribution is 2.34. The van der Waals surface area contributed by atoms with Crippen molar-refractivity contribution in [3.63, 3.8) is 0 Å². The zero-order valence-electron chi connectivity index (χ0n) is 20.3. The fourth-order valence-electron chi connectivity index (χ4n) is 5.25. The first-order chi connectivity index (χ1) is 17.8. The number of nitrogens with zero attached hydrogens (tertiary/aromatic N) is 5. The van der Waals surface area contributed by atoms with Crippen LogP contribution in [-0.4, -0.2) is 71.7 Å². The summed E-state index contributed by atoms with van der Waals surface area (Å²) in [7, 11) is -3.12. The summed E-state index contributed by atoms with van der Waals surface area (Å²) < 4.78 is 39.4. The molecule has 37 heavy (non-hydrogen) atoms. The van der Waals surface area contributed by atoms with E-state index in [1.807, 2.05) is 35.4 Å². The number of hydrogen-bond acceptors (Lipinski definition) is 7. The lowest BCUT2D eigenvalue weighted by atomic mass is 10.1. The number of fused-ring (bicyclic) bond motifs is 1. The standard InChI is InChI=1S/C26H26FN5O3S2/c1-17-24-21(26(33)31-11-9-30(10-12-31)19-6-4-18(27)5-7-19)15-22(23-3-2-13-36-23)28-25(24)32(29-17)20-8-14-37(34,35)16-20/h2-7,13,15,20H,8-12,14,16H2,1H3. The van der Waals surface area contributed by atoms with E-state index in [9.17, 15) is 17.6 Å². The molecule has 1 unspecified atom stereocenters. The first-order valence-corrected chi connectivity index (χ1v) is 14.9. The van der Waals surface area contributed by atoms with Gasteiger partial charge < -0.3 is 9.80 Å². The molecule has 0 saturated carbocycles. The van der Waals surface area contributed by atoms with Gasteiger partial charge >= 0.3 is 0 Å². The third kappa shape index (κ3) is 4.50. The Labute approximate surface area is 218 Å². The molecule has 1 atom stereocenters. The Bertz CT molecular complexity index is 1570. The van der Waals surface area contributed by atoms with Crippen molar-refractivity contribution in [2.45, 2.75) is 19.4 Å². The molecule has 1 amide bonds. The Hall–Kier alpha value is -3.31. The van der Waals surface area contributed by atoms with Crippen molar-refractivity contribution in [3.05, 3.63) is 64.9 Å². The number of amides is 1. The Balaban J connectivity index is 1.36. The minimum Gasteiger partial charge on any atom is -0.368 e. The van der Waals surface area contributed by atoms with Gasteiger partial charge in [0, 0.05) is 31.9 Å². The van der Waals surface area contributed by atoms with Crippen LogP contribution in [0.2, 0.25) is 0 Å². The van der Waals surface area contributed by atoms with E-state index >= 15 is 0 Å². The number of halogens is 1. The predicted molar refractivity (Wildman–Crippen MR) is 142 cm³/mol. The molecule has 3 aromatic heterocycles. The van der Waals surface area contributed by atoms with Gasteiger partial charge in [-0.3, -0.25) is 4.79 Å². The fourth-order valence-corrected chi connectivity index (χ4v) is 7.62. The molecule has 0 spiro atoms. The number of piperazine rings is 1. The lowest BCUT2D eigenvalue weighted by molar-refractivity contribution is 0.0748. The molecule has 5 heterocycles. The number of aryl methyl sites for hydroxylation is 1. The Morgan fingerprint density at radius 2 is 1.86 bits per heavy atom. The van der Waals surface area contributed by atoms with Crippen LogP contribution in [0.3, 0.4) is 0 Å². The second-order valence-corrected chi connectivity index (χ2v) is 12.7. The highest BCUT2D eigenvalue weighted by Gasteiger charge is 2.33. The van der Waals surface area contributed by atoms with E-state index in [0.29, 0.717) is 60.6 Å². The Kier molecular flexibility index (Phi) is 5.99. The summed E-state index contributed by atoms with van der Waals surface area (Å²) in [5.41, 5.74) is 3.37. The van der Waals surface area contributed by atoms with Gasteiger partial charge in [-0.05, 0) is 55.1 Å². The van der Waals surface area contributed by atoms with Gasteiger partial charge in [0.25, 0.3) is 5.91 Å². The maximum Gasteiger partial charge on any atom is 0.254 e. The van der Waals surface area contributed by atoms with Crippen molar-refractivity contribution < 1.29 is 17.6 Å². The lowest BCUT2D eigenvalue weighted by Gasteiger charge is -2.36. The molecule has 2 saturated heterocycles. The third-order valence-corrected chi connectivity index (χ3v) is 9.80. The highest BCUT2D eigenvalue weighted by atomic mass is 32.2. The molecular weight excluding hydrogens is 513 g/mol. The van der Waals surface area contributed by atoms with E-state index in [1.54, 1.807) is 16.8 Å². The number of pyridine rings is 1. The van der Waals surface area contributed by atoms with Crippen LogP contribution < -0.4 is 4.90 Å². The van der Waals surface area contributed by atoms with Gasteiger partial charge in [-0.1, -0.05) is 6.07 Å². The van der Waals surface area contributed by atoms with E-state index in [1.165, 1.54) is 23.5 Å². The number of rotatable bonds is 4. The van der Waals surface area contributed by atoms with E-state index in [-0.39, 0.29) is 29.3 Å². The first kappa shape index (κ1) is 24.1. The lowest BCUT2D eigenvalue weighted by Crippen LogP contribution is -2.48. The molecule has 192 valence electrons. The molecule has 8 nitrogen and oxygen atoms in total. The monoisotopic (exact) mass is 539 g/mol. The van der Waals surface area contributed by atoms with E-state index in [0.717, 1.165) is 10.6 Å². The van der Waals surface area contributed by atoms with Crippen LogP contribution in [0.1, 0.15) is 28.5 Å². The van der Waals surface area contributed by atoms with Crippen LogP contribution in [0.15, 0.2) is 47.8 Å². The first-order valence-electron chi connectivity index (χ1n) is 12.2. The van der Waals surface area contributed by atoms with Crippen molar-refractivity contribution in [1.82, 2.24) is 19.7 Å². The van der Waals surface area contributed by atoms with Crippen LogP contribution in [0.5, 0.6) is 0 Å². The maximum absolute atomic E-state index is 13.9. The molecule has 1 aromatic carbocycles. The van der Waals surface area contributed by atoms with Gasteiger partial charge in [-0.15, -0.1) is 11.3 Å². The van der Waals surface area contributed by atoms with E-state index in [4.69, 9.17) is 10.1 Å². The molecule has 0 radical (unpaired) electrons. The molecule has 11 heteroatoms. The number of sulfone groups is 1. The van der Waals surface area contributed by atoms with Crippen molar-refractivity contribution in [3.8, 4) is 10.6 Å². The van der Waals surface area contributed by atoms with E-state index in [2.05, 4.69) is 4.90 Å². The smallest absolute Gasteiger partial charge is 0.254 e. The summed E-state index contributed by atoms with van der Waals surface area (Å²) in [5.74, 6) is -0.201. The van der Waals surface area contributed by atoms with Gasteiger partial charge in [-0.25, -0.2) is 22.5 Å². The molecule has 4 aromatic rings. The molecule has 2 aliphatic rings. The number of carbonyl (C=O) groups is 1. The third-order valence-electron chi connectivity index (χ3n) is 7.15. The number of hydrogen-bond donors (Lipinski definition) is 0. The van der Waals surface area contributed by atoms with Crippen LogP contribution in [0, 0.1) is 12.7 Å². The fraction of sp³-hybridized carbons (Fsp3) is 0.346. The van der Waals surface area contributed by atoms with Gasteiger partial charge in [0.15, 0.2) is 15.5 Å². The Morgan fingerprint density at radius 1 is 1.11 bits per heavy atom. The van der Waals surface area contributed by atoms with Gasteiger partial charge in [0.1, 0.15) is 5.82 Å². The highest BCUT2D eigenvalue weighted by molar-refractivity contribution is 7.91. The quantitative estimate of drug-likeness (QED) is 0.391. The summed E-state index contributed by atoms with van der Waals surface area (Å²) in [5, 5.41) is 7.33. The average molecular weight is 540 g/mol. The zero-order chi connectivity index (χ0) is 25.7. The molecular formula is C26H26FN5O3S2. The minimum absolute atomic E-state index is 0.0305. The summed E-state index contributed by atoms with van der Waals surface area (Å²) in [6, 6.07) is 11.9. The van der Waals surface area contributed by atoms with E-state index < -0.39 is 9.84 Å². The van der Waals surface area contributed by atoms with Gasteiger partial charge in [-0.2, -0.15) is 5.10 Å². The molecule has 0 bridgehead atoms. The number of benzene rings is 1. The summed E-state index contributed by atoms with van der Waals surface area (Å²) >= 11 is 1.54.